The van der Waals surface area contributed by atoms with Crippen LogP contribution in [-0.2, 0) is 0 Å². The Bertz CT molecular complexity index is 536. The van der Waals surface area contributed by atoms with E-state index in [1.165, 1.54) is 0 Å². The first kappa shape index (κ1) is 16.3. The van der Waals surface area contributed by atoms with Gasteiger partial charge in [-0.15, -0.1) is 0 Å². The molecule has 0 radical (unpaired) electrons. The number of hydrogen-bond acceptors (Lipinski definition) is 2. The smallest absolute Gasteiger partial charge is 0.252 e. The van der Waals surface area contributed by atoms with Crippen LogP contribution in [0.15, 0.2) is 18.2 Å². The van der Waals surface area contributed by atoms with Crippen molar-refractivity contribution in [2.75, 3.05) is 6.61 Å². The van der Waals surface area contributed by atoms with Gasteiger partial charge in [0, 0.05) is 23.1 Å². The van der Waals surface area contributed by atoms with Crippen molar-refractivity contribution in [1.29, 1.82) is 0 Å². The minimum absolute atomic E-state index is 0.0525. The third kappa shape index (κ3) is 4.40. The Kier molecular flexibility index (Phi) is 5.79. The number of carbonyl (C=O) groups is 1. The summed E-state index contributed by atoms with van der Waals surface area (Å²) < 4.78 is 0. The van der Waals surface area contributed by atoms with Crippen LogP contribution in [0.25, 0.3) is 0 Å². The molecule has 0 saturated carbocycles. The maximum atomic E-state index is 12.3. The van der Waals surface area contributed by atoms with Gasteiger partial charge >= 0.3 is 0 Å². The number of hydrogen-bond donors (Lipinski definition) is 2. The summed E-state index contributed by atoms with van der Waals surface area (Å²) in [4.78, 5) is 12.3. The lowest BCUT2D eigenvalue weighted by Gasteiger charge is -2.25. The van der Waals surface area contributed by atoms with Gasteiger partial charge in [-0.2, -0.15) is 0 Å². The van der Waals surface area contributed by atoms with Gasteiger partial charge in [-0.1, -0.05) is 24.8 Å². The Morgan fingerprint density at radius 2 is 2.10 bits per heavy atom. The lowest BCUT2D eigenvalue weighted by Crippen LogP contribution is -2.43. The number of benzene rings is 1. The van der Waals surface area contributed by atoms with Gasteiger partial charge in [-0.3, -0.25) is 4.79 Å². The van der Waals surface area contributed by atoms with Gasteiger partial charge in [-0.25, -0.2) is 0 Å². The number of carbonyl (C=O) groups excluding carboxylic acids is 1. The van der Waals surface area contributed by atoms with Crippen LogP contribution in [0.4, 0.5) is 0 Å². The second-order valence-corrected chi connectivity index (χ2v) is 5.45. The van der Waals surface area contributed by atoms with E-state index in [2.05, 4.69) is 17.2 Å². The van der Waals surface area contributed by atoms with Crippen molar-refractivity contribution in [2.45, 2.75) is 46.1 Å². The molecule has 3 nitrogen and oxygen atoms in total. The largest absolute Gasteiger partial charge is 0.395 e. The summed E-state index contributed by atoms with van der Waals surface area (Å²) in [5.41, 5.74) is 2.15. The zero-order chi connectivity index (χ0) is 15.2. The van der Waals surface area contributed by atoms with Crippen LogP contribution in [0.3, 0.4) is 0 Å². The fraction of sp³-hybridized carbons (Fsp3) is 0.471. The molecular weight excluding hydrogens is 250 g/mol. The SMILES string of the molecule is CCC(C)(C)NC(=O)c1cccc(C#CCCO)c1C. The lowest BCUT2D eigenvalue weighted by molar-refractivity contribution is 0.0910. The molecule has 1 aromatic rings. The first-order valence-electron chi connectivity index (χ1n) is 6.93. The number of aliphatic hydroxyl groups excluding tert-OH is 1. The van der Waals surface area contributed by atoms with Crippen LogP contribution in [0, 0.1) is 18.8 Å². The van der Waals surface area contributed by atoms with Crippen molar-refractivity contribution < 1.29 is 9.90 Å². The Hall–Kier alpha value is -1.79. The Balaban J connectivity index is 3.00. The molecule has 0 aliphatic rings. The Morgan fingerprint density at radius 1 is 1.40 bits per heavy atom. The summed E-state index contributed by atoms with van der Waals surface area (Å²) in [6.45, 7) is 8.01. The number of amides is 1. The molecule has 1 amide bonds. The number of rotatable bonds is 4. The molecule has 0 atom stereocenters. The van der Waals surface area contributed by atoms with E-state index in [4.69, 9.17) is 5.11 Å². The van der Waals surface area contributed by atoms with E-state index in [-0.39, 0.29) is 18.1 Å². The molecule has 2 N–H and O–H groups in total. The highest BCUT2D eigenvalue weighted by Crippen LogP contribution is 2.15. The van der Waals surface area contributed by atoms with Crippen LogP contribution in [-0.4, -0.2) is 23.2 Å². The molecular formula is C17H23NO2. The summed E-state index contributed by atoms with van der Waals surface area (Å²) in [7, 11) is 0. The van der Waals surface area contributed by atoms with Crippen molar-refractivity contribution in [3.8, 4) is 11.8 Å². The highest BCUT2D eigenvalue weighted by molar-refractivity contribution is 5.96. The maximum absolute atomic E-state index is 12.3. The Labute approximate surface area is 121 Å². The standard InChI is InChI=1S/C17H23NO2/c1-5-17(3,4)18-16(20)15-11-8-10-14(13(15)2)9-6-7-12-19/h8,10-11,19H,5,7,12H2,1-4H3,(H,18,20). The van der Waals surface area contributed by atoms with Gasteiger partial charge in [0.1, 0.15) is 0 Å². The summed E-state index contributed by atoms with van der Waals surface area (Å²) >= 11 is 0. The maximum Gasteiger partial charge on any atom is 0.252 e. The normalized spacial score (nSPS) is 10.7. The molecule has 0 spiro atoms. The molecule has 0 fully saturated rings. The van der Waals surface area contributed by atoms with E-state index in [0.717, 1.165) is 17.5 Å². The fourth-order valence-electron chi connectivity index (χ4n) is 1.69. The molecule has 0 bridgehead atoms. The average Bonchev–Trinajstić information content (AvgIpc) is 2.40. The molecule has 1 aromatic carbocycles. The third-order valence-electron chi connectivity index (χ3n) is 3.37. The van der Waals surface area contributed by atoms with Crippen LogP contribution in [0.1, 0.15) is 55.1 Å². The van der Waals surface area contributed by atoms with Crippen molar-refractivity contribution in [2.24, 2.45) is 0 Å². The molecule has 0 unspecified atom stereocenters. The number of aliphatic hydroxyl groups is 1. The molecule has 108 valence electrons. The highest BCUT2D eigenvalue weighted by Gasteiger charge is 2.20. The van der Waals surface area contributed by atoms with Gasteiger partial charge in [0.25, 0.3) is 5.91 Å². The predicted octanol–water partition coefficient (Wildman–Crippen LogP) is 2.65. The van der Waals surface area contributed by atoms with E-state index < -0.39 is 0 Å². The van der Waals surface area contributed by atoms with E-state index in [9.17, 15) is 4.79 Å². The summed E-state index contributed by atoms with van der Waals surface area (Å²) in [6, 6.07) is 5.54. The minimum Gasteiger partial charge on any atom is -0.395 e. The molecule has 1 rings (SSSR count). The van der Waals surface area contributed by atoms with Crippen LogP contribution in [0.5, 0.6) is 0 Å². The van der Waals surface area contributed by atoms with E-state index >= 15 is 0 Å². The highest BCUT2D eigenvalue weighted by atomic mass is 16.2. The van der Waals surface area contributed by atoms with Crippen LogP contribution in [0.2, 0.25) is 0 Å². The van der Waals surface area contributed by atoms with Gasteiger partial charge in [-0.05, 0) is 44.9 Å². The second-order valence-electron chi connectivity index (χ2n) is 5.45. The average molecular weight is 273 g/mol. The second kappa shape index (κ2) is 7.12. The molecule has 0 saturated heterocycles. The molecule has 0 aliphatic heterocycles. The van der Waals surface area contributed by atoms with Gasteiger partial charge in [0.05, 0.1) is 6.61 Å². The first-order chi connectivity index (χ1) is 9.41. The van der Waals surface area contributed by atoms with Crippen molar-refractivity contribution in [3.63, 3.8) is 0 Å². The quantitative estimate of drug-likeness (QED) is 0.829. The number of nitrogens with one attached hydrogen (secondary N) is 1. The lowest BCUT2D eigenvalue weighted by atomic mass is 9.98. The van der Waals surface area contributed by atoms with E-state index in [1.807, 2.05) is 45.9 Å². The molecule has 20 heavy (non-hydrogen) atoms. The van der Waals surface area contributed by atoms with Gasteiger partial charge in [0.15, 0.2) is 0 Å². The van der Waals surface area contributed by atoms with Crippen LogP contribution < -0.4 is 5.32 Å². The summed E-state index contributed by atoms with van der Waals surface area (Å²) in [6.07, 6.45) is 1.31. The fourth-order valence-corrected chi connectivity index (χ4v) is 1.69. The zero-order valence-electron chi connectivity index (χ0n) is 12.7. The van der Waals surface area contributed by atoms with Crippen LogP contribution >= 0.6 is 0 Å². The molecule has 3 heteroatoms. The van der Waals surface area contributed by atoms with E-state index in [0.29, 0.717) is 12.0 Å². The topological polar surface area (TPSA) is 49.3 Å². The van der Waals surface area contributed by atoms with E-state index in [1.54, 1.807) is 0 Å². The predicted molar refractivity (Wildman–Crippen MR) is 81.6 cm³/mol. The molecule has 0 aromatic heterocycles. The third-order valence-corrected chi connectivity index (χ3v) is 3.37. The van der Waals surface area contributed by atoms with Crippen molar-refractivity contribution in [3.05, 3.63) is 34.9 Å². The summed E-state index contributed by atoms with van der Waals surface area (Å²) in [5, 5.41) is 11.8. The molecule has 0 aliphatic carbocycles. The summed E-state index contributed by atoms with van der Waals surface area (Å²) in [5.74, 6) is 5.81. The minimum atomic E-state index is -0.220. The first-order valence-corrected chi connectivity index (χ1v) is 6.93. The van der Waals surface area contributed by atoms with Crippen molar-refractivity contribution >= 4 is 5.91 Å². The monoisotopic (exact) mass is 273 g/mol. The van der Waals surface area contributed by atoms with Gasteiger partial charge < -0.3 is 10.4 Å². The Morgan fingerprint density at radius 3 is 2.70 bits per heavy atom. The molecule has 0 heterocycles. The zero-order valence-corrected chi connectivity index (χ0v) is 12.7. The van der Waals surface area contributed by atoms with Crippen molar-refractivity contribution in [1.82, 2.24) is 5.32 Å². The van der Waals surface area contributed by atoms with Gasteiger partial charge in [0.2, 0.25) is 0 Å².